The summed E-state index contributed by atoms with van der Waals surface area (Å²) >= 11 is 1.52. The van der Waals surface area contributed by atoms with Gasteiger partial charge in [-0.1, -0.05) is 43.1 Å². The number of aromatic hydroxyl groups is 2. The van der Waals surface area contributed by atoms with E-state index in [1.165, 1.54) is 22.5 Å². The number of aryl methyl sites for hydroxylation is 1. The van der Waals surface area contributed by atoms with E-state index in [1.54, 1.807) is 5.51 Å². The molecule has 0 saturated carbocycles. The number of benzene rings is 1. The Hall–Kier alpha value is -2.07. The summed E-state index contributed by atoms with van der Waals surface area (Å²) in [6, 6.07) is 1.83. The van der Waals surface area contributed by atoms with Gasteiger partial charge in [0.2, 0.25) is 0 Å². The van der Waals surface area contributed by atoms with Gasteiger partial charge in [0, 0.05) is 16.5 Å². The first-order valence-electron chi connectivity index (χ1n) is 10.2. The maximum Gasteiger partial charge on any atom is 0.132 e. The highest BCUT2D eigenvalue weighted by Gasteiger charge is 2.19. The van der Waals surface area contributed by atoms with Gasteiger partial charge in [0.1, 0.15) is 11.5 Å². The second-order valence-corrected chi connectivity index (χ2v) is 8.38. The summed E-state index contributed by atoms with van der Waals surface area (Å²) in [7, 11) is 0. The molecule has 0 aliphatic carbocycles. The largest absolute Gasteiger partial charge is 0.508 e. The lowest BCUT2D eigenvalue weighted by molar-refractivity contribution is 0.440. The molecule has 28 heavy (non-hydrogen) atoms. The molecule has 1 aromatic carbocycles. The SMILES string of the molecule is CCCCCc1cc(O)c(CC=C(C)CCC=C(C)C)c(O)c1-c1cscn1. The van der Waals surface area contributed by atoms with Crippen molar-refractivity contribution in [2.24, 2.45) is 0 Å². The molecule has 0 aliphatic heterocycles. The highest BCUT2D eigenvalue weighted by molar-refractivity contribution is 7.07. The molecule has 0 bridgehead atoms. The van der Waals surface area contributed by atoms with E-state index in [4.69, 9.17) is 0 Å². The zero-order valence-electron chi connectivity index (χ0n) is 17.6. The molecule has 2 N–H and O–H groups in total. The summed E-state index contributed by atoms with van der Waals surface area (Å²) < 4.78 is 0. The van der Waals surface area contributed by atoms with Crippen LogP contribution < -0.4 is 0 Å². The Bertz CT molecular complexity index is 816. The maximum absolute atomic E-state index is 11.0. The molecule has 0 spiro atoms. The molecule has 1 aromatic heterocycles. The minimum Gasteiger partial charge on any atom is -0.508 e. The zero-order chi connectivity index (χ0) is 20.5. The minimum atomic E-state index is 0.172. The molecule has 2 rings (SSSR count). The molecule has 0 amide bonds. The number of allylic oxidation sites excluding steroid dienone is 4. The van der Waals surface area contributed by atoms with Crippen molar-refractivity contribution >= 4 is 11.3 Å². The Morgan fingerprint density at radius 2 is 1.93 bits per heavy atom. The van der Waals surface area contributed by atoms with E-state index in [1.807, 2.05) is 11.4 Å². The van der Waals surface area contributed by atoms with Gasteiger partial charge in [0.25, 0.3) is 0 Å². The van der Waals surface area contributed by atoms with Gasteiger partial charge in [-0.05, 0) is 64.5 Å². The lowest BCUT2D eigenvalue weighted by atomic mass is 9.93. The van der Waals surface area contributed by atoms with Crippen molar-refractivity contribution in [3.05, 3.63) is 51.4 Å². The maximum atomic E-state index is 11.0. The summed E-state index contributed by atoms with van der Waals surface area (Å²) in [5.74, 6) is 0.349. The number of hydrogen-bond acceptors (Lipinski definition) is 4. The number of hydrogen-bond donors (Lipinski definition) is 2. The van der Waals surface area contributed by atoms with Gasteiger partial charge in [0.15, 0.2) is 0 Å². The summed E-state index contributed by atoms with van der Waals surface area (Å²) in [5.41, 5.74) is 7.50. The van der Waals surface area contributed by atoms with Crippen molar-refractivity contribution in [3.8, 4) is 22.8 Å². The van der Waals surface area contributed by atoms with Gasteiger partial charge in [-0.3, -0.25) is 0 Å². The molecule has 0 saturated heterocycles. The average Bonchev–Trinajstić information content (AvgIpc) is 3.15. The first-order chi connectivity index (χ1) is 13.4. The van der Waals surface area contributed by atoms with E-state index in [-0.39, 0.29) is 11.5 Å². The minimum absolute atomic E-state index is 0.172. The third kappa shape index (κ3) is 6.23. The van der Waals surface area contributed by atoms with Crippen LogP contribution in [0.15, 0.2) is 40.3 Å². The highest BCUT2D eigenvalue weighted by atomic mass is 32.1. The number of rotatable bonds is 10. The Kier molecular flexibility index (Phi) is 8.78. The van der Waals surface area contributed by atoms with Gasteiger partial charge in [-0.2, -0.15) is 0 Å². The van der Waals surface area contributed by atoms with Crippen molar-refractivity contribution in [2.75, 3.05) is 0 Å². The molecule has 0 atom stereocenters. The van der Waals surface area contributed by atoms with Crippen LogP contribution >= 0.6 is 11.3 Å². The molecule has 0 fully saturated rings. The van der Waals surface area contributed by atoms with E-state index >= 15 is 0 Å². The molecule has 0 unspecified atom stereocenters. The third-order valence-electron chi connectivity index (χ3n) is 4.95. The van der Waals surface area contributed by atoms with Crippen LogP contribution in [0, 0.1) is 0 Å². The first-order valence-corrected chi connectivity index (χ1v) is 11.1. The Labute approximate surface area is 173 Å². The van der Waals surface area contributed by atoms with Crippen LogP contribution in [0.3, 0.4) is 0 Å². The van der Waals surface area contributed by atoms with Crippen molar-refractivity contribution in [3.63, 3.8) is 0 Å². The number of aromatic nitrogens is 1. The Morgan fingerprint density at radius 3 is 2.57 bits per heavy atom. The van der Waals surface area contributed by atoms with Crippen LogP contribution in [0.1, 0.15) is 70.9 Å². The fourth-order valence-electron chi connectivity index (χ4n) is 3.30. The molecule has 4 heteroatoms. The van der Waals surface area contributed by atoms with Gasteiger partial charge in [-0.15, -0.1) is 11.3 Å². The predicted octanol–water partition coefficient (Wildman–Crippen LogP) is 7.19. The number of thiazole rings is 1. The molecule has 0 aliphatic rings. The van der Waals surface area contributed by atoms with Crippen molar-refractivity contribution in [2.45, 2.75) is 72.6 Å². The molecule has 3 nitrogen and oxygen atoms in total. The quantitative estimate of drug-likeness (QED) is 0.328. The smallest absolute Gasteiger partial charge is 0.132 e. The first kappa shape index (κ1) is 22.2. The molecule has 2 aromatic rings. The van der Waals surface area contributed by atoms with Crippen LogP contribution in [0.2, 0.25) is 0 Å². The van der Waals surface area contributed by atoms with Gasteiger partial charge in [0.05, 0.1) is 11.2 Å². The van der Waals surface area contributed by atoms with E-state index < -0.39 is 0 Å². The fourth-order valence-corrected chi connectivity index (χ4v) is 3.84. The summed E-state index contributed by atoms with van der Waals surface area (Å²) in [5, 5.41) is 23.6. The normalized spacial score (nSPS) is 11.6. The Morgan fingerprint density at radius 1 is 1.14 bits per heavy atom. The van der Waals surface area contributed by atoms with Crippen LogP contribution in [-0.2, 0) is 12.8 Å². The molecule has 1 heterocycles. The van der Waals surface area contributed by atoms with Crippen LogP contribution in [0.25, 0.3) is 11.3 Å². The lowest BCUT2D eigenvalue weighted by Gasteiger charge is -2.15. The Balaban J connectivity index is 2.30. The predicted molar refractivity (Wildman–Crippen MR) is 120 cm³/mol. The second-order valence-electron chi connectivity index (χ2n) is 7.66. The average molecular weight is 400 g/mol. The van der Waals surface area contributed by atoms with Gasteiger partial charge in [-0.25, -0.2) is 4.98 Å². The lowest BCUT2D eigenvalue weighted by Crippen LogP contribution is -1.97. The van der Waals surface area contributed by atoms with Crippen molar-refractivity contribution in [1.82, 2.24) is 4.98 Å². The zero-order valence-corrected chi connectivity index (χ0v) is 18.4. The van der Waals surface area contributed by atoms with E-state index in [9.17, 15) is 10.2 Å². The summed E-state index contributed by atoms with van der Waals surface area (Å²) in [4.78, 5) is 4.41. The molecule has 152 valence electrons. The van der Waals surface area contributed by atoms with Crippen molar-refractivity contribution < 1.29 is 10.2 Å². The van der Waals surface area contributed by atoms with Crippen LogP contribution in [0.4, 0.5) is 0 Å². The molecule has 0 radical (unpaired) electrons. The van der Waals surface area contributed by atoms with Gasteiger partial charge < -0.3 is 10.2 Å². The fraction of sp³-hybridized carbons (Fsp3) is 0.458. The van der Waals surface area contributed by atoms with Crippen LogP contribution in [-0.4, -0.2) is 15.2 Å². The molecular formula is C24H33NO2S. The number of phenols is 2. The third-order valence-corrected chi connectivity index (χ3v) is 5.53. The van der Waals surface area contributed by atoms with Gasteiger partial charge >= 0.3 is 0 Å². The van der Waals surface area contributed by atoms with E-state index in [0.29, 0.717) is 12.0 Å². The monoisotopic (exact) mass is 399 g/mol. The topological polar surface area (TPSA) is 53.4 Å². The summed E-state index contributed by atoms with van der Waals surface area (Å²) in [6.45, 7) is 8.49. The molecular weight excluding hydrogens is 366 g/mol. The second kappa shape index (κ2) is 11.1. The summed E-state index contributed by atoms with van der Waals surface area (Å²) in [6.07, 6.45) is 11.0. The number of nitrogens with zero attached hydrogens (tertiary/aromatic N) is 1. The van der Waals surface area contributed by atoms with E-state index in [2.05, 4.69) is 44.8 Å². The standard InChI is InChI=1S/C24H33NO2S/c1-5-6-7-11-19-14-22(26)20(13-12-18(4)10-8-9-17(2)3)24(27)23(19)21-15-28-16-25-21/h9,12,14-16,26-27H,5-8,10-11,13H2,1-4H3. The van der Waals surface area contributed by atoms with E-state index in [0.717, 1.165) is 55.3 Å². The van der Waals surface area contributed by atoms with Crippen molar-refractivity contribution in [1.29, 1.82) is 0 Å². The highest BCUT2D eigenvalue weighted by Crippen LogP contribution is 2.41. The number of unbranched alkanes of at least 4 members (excludes halogenated alkanes) is 2. The van der Waals surface area contributed by atoms with Crippen LogP contribution in [0.5, 0.6) is 11.5 Å². The number of phenolic OH excluding ortho intramolecular Hbond substituents is 2.